The van der Waals surface area contributed by atoms with Crippen molar-refractivity contribution in [3.8, 4) is 57.5 Å². The van der Waals surface area contributed by atoms with Crippen molar-refractivity contribution >= 4 is 41.8 Å². The SMILES string of the molecule is COC(=O)/C=C/C1=C[C@H]2[C@H](c3ccc(O)c(O)c3)[C@@H](C(=O)OC(Cc3ccc(O)c(O)c3)C(=O)OC)[C@@H]1[C@@]1(OC)O[C@H]3[C@H]4C=C(/C=C\C(=O)OC(Cc5ccc(O)c(O)c5)C(=O)OC)[C@H]([C@H](C(=O)OC(Cc5ccc(O)c(O)c5)C(=O)OC)[C@H]4c4ccc(O)c(O)c4)[C@@]3(OC)O[C@@H]21. The van der Waals surface area contributed by atoms with Crippen LogP contribution in [0.3, 0.4) is 0 Å². The summed E-state index contributed by atoms with van der Waals surface area (Å²) in [4.78, 5) is 99.9. The minimum absolute atomic E-state index is 0.0291. The minimum atomic E-state index is -2.37. The number of fused-ring (bicyclic) bond motifs is 2. The van der Waals surface area contributed by atoms with Gasteiger partial charge in [0.15, 0.2) is 57.5 Å². The molecule has 5 aromatic rings. The Morgan fingerprint density at radius 1 is 0.412 bits per heavy atom. The molecule has 512 valence electrons. The zero-order valence-corrected chi connectivity index (χ0v) is 52.6. The van der Waals surface area contributed by atoms with E-state index in [0.717, 1.165) is 101 Å². The van der Waals surface area contributed by atoms with Gasteiger partial charge in [0.25, 0.3) is 0 Å². The van der Waals surface area contributed by atoms with E-state index in [1.54, 1.807) is 12.2 Å². The standard InChI is InChI=1S/C69H68O28/c1-87-53(80)19-12-36-27-38-55(34-10-17-43(73)48(78)29-34)57(66(85)94-51(64(83)89-3)25-32-8-15-41(71)46(76)22-32)59(36)68(91-5)61(38)97-69(92-6)60-37(13-20-54(81)93-50(63(82)88-2)24-31-7-14-40(70)45(75)21-31)28-39(62(69)96-68)56(35-11-18-44(74)49(79)30-35)58(60)67(86)95-52(65(84)90-4)26-33-9-16-42(72)47(77)23-33/h7-23,27-30,38-39,50-52,55-62,70-79H,24-26H2,1-6H3/b19-12+,20-13-/t38-,39-,50?,51?,52?,55-,56-,57+,58+,59+,60+,61-,62-,68+,69+/m0/s1. The molecular weight excluding hydrogens is 1280 g/mol. The molecule has 3 fully saturated rings. The van der Waals surface area contributed by atoms with Gasteiger partial charge in [0.2, 0.25) is 29.9 Å². The van der Waals surface area contributed by atoms with Gasteiger partial charge in [-0.2, -0.15) is 0 Å². The number of hydrogen-bond acceptors (Lipinski definition) is 28. The molecular formula is C69H68O28. The van der Waals surface area contributed by atoms with Crippen LogP contribution in [0.2, 0.25) is 0 Å². The lowest BCUT2D eigenvalue weighted by molar-refractivity contribution is -0.482. The lowest BCUT2D eigenvalue weighted by atomic mass is 9.50. The molecule has 4 bridgehead atoms. The topological polar surface area (TPSA) is 423 Å². The average Bonchev–Trinajstić information content (AvgIpc) is 0.664. The molecule has 0 aromatic heterocycles. The first-order chi connectivity index (χ1) is 46.2. The van der Waals surface area contributed by atoms with Crippen molar-refractivity contribution in [2.75, 3.05) is 42.7 Å². The molecule has 15 atom stereocenters. The molecule has 10 N–H and O–H groups in total. The third kappa shape index (κ3) is 13.1. The van der Waals surface area contributed by atoms with E-state index in [9.17, 15) is 75.0 Å². The van der Waals surface area contributed by atoms with Gasteiger partial charge in [-0.05, 0) is 99.6 Å². The van der Waals surface area contributed by atoms with Crippen molar-refractivity contribution in [1.29, 1.82) is 0 Å². The molecule has 0 spiro atoms. The van der Waals surface area contributed by atoms with Gasteiger partial charge in [-0.1, -0.05) is 54.6 Å². The summed E-state index contributed by atoms with van der Waals surface area (Å²) in [5.74, 6) is -29.9. The molecule has 0 amide bonds. The lowest BCUT2D eigenvalue weighted by Crippen LogP contribution is -2.80. The molecule has 28 nitrogen and oxygen atoms in total. The van der Waals surface area contributed by atoms with E-state index < -0.39 is 202 Å². The Labute approximate surface area is 551 Å². The van der Waals surface area contributed by atoms with Crippen LogP contribution in [-0.2, 0) is 105 Å². The highest BCUT2D eigenvalue weighted by Crippen LogP contribution is 2.69. The number of rotatable bonds is 22. The minimum Gasteiger partial charge on any atom is -0.504 e. The Bertz CT molecular complexity index is 4060. The maximum absolute atomic E-state index is 16.0. The van der Waals surface area contributed by atoms with Crippen LogP contribution < -0.4 is 0 Å². The Kier molecular flexibility index (Phi) is 19.8. The zero-order chi connectivity index (χ0) is 70.1. The molecule has 0 radical (unpaired) electrons. The van der Waals surface area contributed by atoms with Crippen LogP contribution in [0.4, 0.5) is 0 Å². The summed E-state index contributed by atoms with van der Waals surface area (Å²) in [5.41, 5.74) is 0.996. The molecule has 3 unspecified atom stereocenters. The molecule has 5 aromatic carbocycles. The van der Waals surface area contributed by atoms with Crippen molar-refractivity contribution in [2.45, 2.75) is 73.2 Å². The van der Waals surface area contributed by atoms with Gasteiger partial charge in [-0.25, -0.2) is 24.0 Å². The highest BCUT2D eigenvalue weighted by molar-refractivity contribution is 5.88. The summed E-state index contributed by atoms with van der Waals surface area (Å²) in [6, 6.07) is 18.2. The number of phenols is 10. The molecule has 1 saturated heterocycles. The summed E-state index contributed by atoms with van der Waals surface area (Å²) in [6.07, 6.45) is -2.09. The van der Waals surface area contributed by atoms with E-state index >= 15 is 9.59 Å². The molecule has 28 heteroatoms. The first-order valence-corrected chi connectivity index (χ1v) is 30.0. The number of phenolic OH excluding ortho intramolecular Hbond substituents is 10. The third-order valence-electron chi connectivity index (χ3n) is 18.3. The van der Waals surface area contributed by atoms with Gasteiger partial charge < -0.3 is 103 Å². The molecule has 12 rings (SSSR count). The normalized spacial score (nSPS) is 26.0. The van der Waals surface area contributed by atoms with Crippen LogP contribution >= 0.6 is 0 Å². The van der Waals surface area contributed by atoms with Crippen LogP contribution in [0.25, 0.3) is 0 Å². The van der Waals surface area contributed by atoms with Gasteiger partial charge in [0, 0.05) is 69.3 Å². The van der Waals surface area contributed by atoms with E-state index in [1.807, 2.05) is 0 Å². The number of benzene rings is 5. The highest BCUT2D eigenvalue weighted by Gasteiger charge is 2.78. The molecule has 6 aliphatic carbocycles. The van der Waals surface area contributed by atoms with E-state index in [0.29, 0.717) is 0 Å². The third-order valence-corrected chi connectivity index (χ3v) is 18.3. The second-order valence-corrected chi connectivity index (χ2v) is 23.6. The number of aromatic hydroxyl groups is 10. The Balaban J connectivity index is 1.17. The summed E-state index contributed by atoms with van der Waals surface area (Å²) in [5, 5.41) is 105. The van der Waals surface area contributed by atoms with Gasteiger partial charge in [0.05, 0.1) is 52.1 Å². The van der Waals surface area contributed by atoms with E-state index in [1.165, 1.54) is 56.7 Å². The number of carbonyl (C=O) groups excluding carboxylic acids is 7. The lowest BCUT2D eigenvalue weighted by Gasteiger charge is -2.69. The fourth-order valence-corrected chi connectivity index (χ4v) is 14.1. The quantitative estimate of drug-likeness (QED) is 0.0190. The van der Waals surface area contributed by atoms with Crippen LogP contribution in [0, 0.1) is 35.5 Å². The Morgan fingerprint density at radius 3 is 1.04 bits per heavy atom. The first-order valence-electron chi connectivity index (χ1n) is 30.0. The van der Waals surface area contributed by atoms with Crippen LogP contribution in [0.1, 0.15) is 39.7 Å². The fourth-order valence-electron chi connectivity index (χ4n) is 14.1. The molecule has 1 aliphatic heterocycles. The van der Waals surface area contributed by atoms with Crippen LogP contribution in [0.15, 0.2) is 139 Å². The average molecular weight is 1350 g/mol. The fraction of sp³-hybridized carbons (Fsp3) is 0.348. The van der Waals surface area contributed by atoms with Crippen molar-refractivity contribution in [3.05, 3.63) is 166 Å². The largest absolute Gasteiger partial charge is 0.504 e. The summed E-state index contributed by atoms with van der Waals surface area (Å²) < 4.78 is 66.6. The number of methoxy groups -OCH3 is 6. The van der Waals surface area contributed by atoms with Crippen LogP contribution in [0.5, 0.6) is 57.5 Å². The summed E-state index contributed by atoms with van der Waals surface area (Å²) >= 11 is 0. The second-order valence-electron chi connectivity index (χ2n) is 23.6. The number of esters is 7. The van der Waals surface area contributed by atoms with Crippen molar-refractivity contribution in [1.82, 2.24) is 0 Å². The van der Waals surface area contributed by atoms with Gasteiger partial charge in [-0.3, -0.25) is 9.59 Å². The maximum Gasteiger partial charge on any atom is 0.347 e. The molecule has 7 aliphatic rings. The summed E-state index contributed by atoms with van der Waals surface area (Å²) in [6.45, 7) is 0. The van der Waals surface area contributed by atoms with E-state index in [4.69, 9.17) is 52.1 Å². The monoisotopic (exact) mass is 1340 g/mol. The van der Waals surface area contributed by atoms with Crippen molar-refractivity contribution < 1.29 is 137 Å². The molecule has 97 heavy (non-hydrogen) atoms. The molecule has 1 heterocycles. The van der Waals surface area contributed by atoms with Crippen molar-refractivity contribution in [2.24, 2.45) is 35.5 Å². The number of allylic oxidation sites excluding steroid dienone is 2. The first kappa shape index (κ1) is 69.0. The Morgan fingerprint density at radius 2 is 0.732 bits per heavy atom. The number of carbonyl (C=O) groups is 7. The zero-order valence-electron chi connectivity index (χ0n) is 52.6. The van der Waals surface area contributed by atoms with Gasteiger partial charge >= 0.3 is 41.8 Å². The summed E-state index contributed by atoms with van der Waals surface area (Å²) in [7, 11) is 6.63. The van der Waals surface area contributed by atoms with E-state index in [-0.39, 0.29) is 45.4 Å². The number of ether oxygens (including phenoxy) is 11. The van der Waals surface area contributed by atoms with Crippen molar-refractivity contribution in [3.63, 3.8) is 0 Å². The Hall–Kier alpha value is -10.8. The van der Waals surface area contributed by atoms with Gasteiger partial charge in [-0.15, -0.1) is 0 Å². The predicted octanol–water partition coefficient (Wildman–Crippen LogP) is 4.95. The second kappa shape index (κ2) is 27.9. The maximum atomic E-state index is 16.0. The van der Waals surface area contributed by atoms with E-state index in [2.05, 4.69) is 0 Å². The number of hydrogen-bond donors (Lipinski definition) is 10. The molecule has 2 saturated carbocycles. The van der Waals surface area contributed by atoms with Gasteiger partial charge in [0.1, 0.15) is 12.2 Å². The predicted molar refractivity (Wildman–Crippen MR) is 328 cm³/mol. The smallest absolute Gasteiger partial charge is 0.347 e. The van der Waals surface area contributed by atoms with Crippen LogP contribution in [-0.4, -0.2) is 178 Å². The highest BCUT2D eigenvalue weighted by atomic mass is 16.8.